The lowest BCUT2D eigenvalue weighted by Gasteiger charge is -2.06. The van der Waals surface area contributed by atoms with Gasteiger partial charge in [-0.3, -0.25) is 9.59 Å². The van der Waals surface area contributed by atoms with Gasteiger partial charge in [-0.2, -0.15) is 5.10 Å². The van der Waals surface area contributed by atoms with E-state index in [1.165, 1.54) is 6.21 Å². The first-order valence-corrected chi connectivity index (χ1v) is 9.78. The van der Waals surface area contributed by atoms with E-state index in [1.54, 1.807) is 30.3 Å². The number of aromatic hydroxyl groups is 1. The van der Waals surface area contributed by atoms with Crippen molar-refractivity contribution >= 4 is 67.2 Å². The number of phenols is 1. The van der Waals surface area contributed by atoms with Crippen LogP contribution in [0, 0.1) is 6.92 Å². The molecule has 3 N–H and O–H groups in total. The molecule has 2 amide bonds. The Hall–Kier alpha value is -1.90. The largest absolute Gasteiger partial charge is 0.506 e. The summed E-state index contributed by atoms with van der Waals surface area (Å²) in [6.07, 6.45) is 1.44. The molecule has 0 atom stereocenters. The van der Waals surface area contributed by atoms with Crippen LogP contribution in [0.25, 0.3) is 0 Å². The summed E-state index contributed by atoms with van der Waals surface area (Å²) in [5.74, 6) is -0.599. The highest BCUT2D eigenvalue weighted by Gasteiger charge is 2.08. The number of nitrogens with one attached hydrogen (secondary N) is 2. The van der Waals surface area contributed by atoms with E-state index in [0.29, 0.717) is 25.2 Å². The van der Waals surface area contributed by atoms with Gasteiger partial charge in [0.05, 0.1) is 15.2 Å². The predicted molar refractivity (Wildman–Crippen MR) is 113 cm³/mol. The fourth-order valence-electron chi connectivity index (χ4n) is 2.02. The summed E-state index contributed by atoms with van der Waals surface area (Å²) < 4.78 is 0.995. The smallest absolute Gasteiger partial charge is 0.240 e. The van der Waals surface area contributed by atoms with E-state index in [4.69, 9.17) is 11.6 Å². The van der Waals surface area contributed by atoms with Crippen molar-refractivity contribution in [2.45, 2.75) is 19.8 Å². The highest BCUT2D eigenvalue weighted by Crippen LogP contribution is 2.32. The second-order valence-corrected chi connectivity index (χ2v) is 7.75. The highest BCUT2D eigenvalue weighted by atomic mass is 79.9. The topological polar surface area (TPSA) is 90.8 Å². The minimum atomic E-state index is -0.389. The maximum absolute atomic E-state index is 11.9. The molecule has 2 aromatic carbocycles. The number of amides is 2. The molecule has 0 unspecified atom stereocenters. The molecule has 0 saturated heterocycles. The highest BCUT2D eigenvalue weighted by molar-refractivity contribution is 9.11. The first-order chi connectivity index (χ1) is 12.8. The average molecular weight is 518 g/mol. The number of carbonyl (C=O) groups excluding carboxylic acids is 2. The number of rotatable bonds is 6. The van der Waals surface area contributed by atoms with Crippen LogP contribution in [0.3, 0.4) is 0 Å². The number of aryl methyl sites for hydroxylation is 1. The number of anilines is 1. The Kier molecular flexibility index (Phi) is 7.82. The lowest BCUT2D eigenvalue weighted by molar-refractivity contribution is -0.124. The van der Waals surface area contributed by atoms with Crippen molar-refractivity contribution in [3.63, 3.8) is 0 Å². The number of nitrogens with zero attached hydrogens (tertiary/aromatic N) is 1. The van der Waals surface area contributed by atoms with E-state index < -0.39 is 0 Å². The maximum atomic E-state index is 11.9. The Morgan fingerprint density at radius 3 is 2.41 bits per heavy atom. The second kappa shape index (κ2) is 9.87. The molecule has 27 heavy (non-hydrogen) atoms. The molecule has 0 spiro atoms. The Bertz CT molecular complexity index is 880. The molecule has 0 bridgehead atoms. The van der Waals surface area contributed by atoms with Crippen LogP contribution in [0.2, 0.25) is 5.02 Å². The van der Waals surface area contributed by atoms with Gasteiger partial charge >= 0.3 is 0 Å². The van der Waals surface area contributed by atoms with Gasteiger partial charge in [-0.15, -0.1) is 0 Å². The number of carbonyl (C=O) groups is 2. The standard InChI is InChI=1S/C18H16Br2ClN3O3/c1-10-2-3-12(8-15(10)21)23-16(25)4-5-17(26)24-22-9-11-6-13(19)18(27)14(20)7-11/h2-3,6-9,27H,4-5H2,1H3,(H,23,25)(H,24,26)/b22-9+. The molecule has 0 fully saturated rings. The minimum Gasteiger partial charge on any atom is -0.506 e. The van der Waals surface area contributed by atoms with Crippen LogP contribution in [0.1, 0.15) is 24.0 Å². The number of hydrazone groups is 1. The van der Waals surface area contributed by atoms with Gasteiger partial charge in [0.2, 0.25) is 11.8 Å². The lowest BCUT2D eigenvalue weighted by Crippen LogP contribution is -2.20. The summed E-state index contributed by atoms with van der Waals surface area (Å²) in [7, 11) is 0. The van der Waals surface area contributed by atoms with Crippen molar-refractivity contribution in [2.75, 3.05) is 5.32 Å². The van der Waals surface area contributed by atoms with Gasteiger partial charge in [0.1, 0.15) is 5.75 Å². The molecule has 142 valence electrons. The van der Waals surface area contributed by atoms with E-state index in [9.17, 15) is 14.7 Å². The van der Waals surface area contributed by atoms with Gasteiger partial charge < -0.3 is 10.4 Å². The molecule has 0 heterocycles. The van der Waals surface area contributed by atoms with Gasteiger partial charge in [-0.25, -0.2) is 5.43 Å². The van der Waals surface area contributed by atoms with Crippen LogP contribution in [-0.4, -0.2) is 23.1 Å². The minimum absolute atomic E-state index is 0.00820. The molecular weight excluding hydrogens is 501 g/mol. The number of hydrogen-bond acceptors (Lipinski definition) is 4. The Morgan fingerprint density at radius 2 is 1.78 bits per heavy atom. The van der Waals surface area contributed by atoms with Crippen molar-refractivity contribution in [1.29, 1.82) is 0 Å². The Morgan fingerprint density at radius 1 is 1.15 bits per heavy atom. The average Bonchev–Trinajstić information content (AvgIpc) is 2.61. The van der Waals surface area contributed by atoms with E-state index in [0.717, 1.165) is 5.56 Å². The van der Waals surface area contributed by atoms with Crippen LogP contribution in [0.15, 0.2) is 44.4 Å². The summed E-state index contributed by atoms with van der Waals surface area (Å²) in [6.45, 7) is 1.87. The molecule has 0 radical (unpaired) electrons. The number of hydrogen-bond donors (Lipinski definition) is 3. The van der Waals surface area contributed by atoms with E-state index in [-0.39, 0.29) is 30.4 Å². The monoisotopic (exact) mass is 515 g/mol. The molecule has 0 aliphatic rings. The van der Waals surface area contributed by atoms with Crippen molar-refractivity contribution in [1.82, 2.24) is 5.43 Å². The molecule has 0 saturated carbocycles. The summed E-state index contributed by atoms with van der Waals surface area (Å²) >= 11 is 12.4. The summed E-state index contributed by atoms with van der Waals surface area (Å²) in [4.78, 5) is 23.7. The van der Waals surface area contributed by atoms with Gasteiger partial charge in [-0.1, -0.05) is 17.7 Å². The molecule has 0 aliphatic carbocycles. The van der Waals surface area contributed by atoms with Crippen molar-refractivity contribution in [3.8, 4) is 5.75 Å². The molecule has 2 aromatic rings. The first-order valence-electron chi connectivity index (χ1n) is 7.82. The third kappa shape index (κ3) is 6.64. The fraction of sp³-hybridized carbons (Fsp3) is 0.167. The zero-order valence-electron chi connectivity index (χ0n) is 14.2. The predicted octanol–water partition coefficient (Wildman–Crippen LogP) is 4.75. The number of phenolic OH excluding ortho intramolecular Hbond substituents is 1. The zero-order chi connectivity index (χ0) is 20.0. The molecule has 9 heteroatoms. The number of halogens is 3. The summed E-state index contributed by atoms with van der Waals surface area (Å²) in [5.41, 5.74) is 4.52. The molecule has 6 nitrogen and oxygen atoms in total. The van der Waals surface area contributed by atoms with Crippen LogP contribution in [-0.2, 0) is 9.59 Å². The van der Waals surface area contributed by atoms with Crippen LogP contribution >= 0.6 is 43.5 Å². The zero-order valence-corrected chi connectivity index (χ0v) is 18.2. The summed E-state index contributed by atoms with van der Waals surface area (Å²) in [6, 6.07) is 8.51. The number of benzene rings is 2. The van der Waals surface area contributed by atoms with Gasteiger partial charge in [0.15, 0.2) is 0 Å². The quantitative estimate of drug-likeness (QED) is 0.382. The van der Waals surface area contributed by atoms with E-state index >= 15 is 0 Å². The SMILES string of the molecule is Cc1ccc(NC(=O)CCC(=O)N/N=C/c2cc(Br)c(O)c(Br)c2)cc1Cl. The van der Waals surface area contributed by atoms with Crippen molar-refractivity contribution < 1.29 is 14.7 Å². The van der Waals surface area contributed by atoms with E-state index in [1.807, 2.05) is 6.92 Å². The molecule has 2 rings (SSSR count). The molecule has 0 aliphatic heterocycles. The van der Waals surface area contributed by atoms with E-state index in [2.05, 4.69) is 47.7 Å². The fourth-order valence-corrected chi connectivity index (χ4v) is 3.42. The van der Waals surface area contributed by atoms with Crippen LogP contribution in [0.5, 0.6) is 5.75 Å². The van der Waals surface area contributed by atoms with Gasteiger partial charge in [-0.05, 0) is 74.2 Å². The van der Waals surface area contributed by atoms with Crippen molar-refractivity contribution in [2.24, 2.45) is 5.10 Å². The van der Waals surface area contributed by atoms with Gasteiger partial charge in [0, 0.05) is 23.6 Å². The third-order valence-electron chi connectivity index (χ3n) is 3.48. The van der Waals surface area contributed by atoms with Crippen LogP contribution < -0.4 is 10.7 Å². The normalized spacial score (nSPS) is 10.8. The second-order valence-electron chi connectivity index (χ2n) is 5.64. The van der Waals surface area contributed by atoms with Crippen molar-refractivity contribution in [3.05, 3.63) is 55.4 Å². The van der Waals surface area contributed by atoms with Gasteiger partial charge in [0.25, 0.3) is 0 Å². The summed E-state index contributed by atoms with van der Waals surface area (Å²) in [5, 5.41) is 16.7. The molecule has 0 aromatic heterocycles. The molecular formula is C18H16Br2ClN3O3. The Labute approximate surface area is 178 Å². The first kappa shape index (κ1) is 21.4. The Balaban J connectivity index is 1.80. The third-order valence-corrected chi connectivity index (χ3v) is 5.09. The lowest BCUT2D eigenvalue weighted by atomic mass is 10.2. The van der Waals surface area contributed by atoms with Crippen LogP contribution in [0.4, 0.5) is 5.69 Å². The maximum Gasteiger partial charge on any atom is 0.240 e.